The van der Waals surface area contributed by atoms with Crippen LogP contribution in [0.4, 0.5) is 10.5 Å². The SMILES string of the molecule is O=C1NC(=O)N(c2ccc(Br)cc2)C(=O)/C1=C/c1cn(CCOc2ccccc2)c2ccccc12. The molecule has 0 saturated carbocycles. The Morgan fingerprint density at radius 3 is 2.37 bits per heavy atom. The second-order valence-corrected chi connectivity index (χ2v) is 8.81. The lowest BCUT2D eigenvalue weighted by atomic mass is 10.1. The van der Waals surface area contributed by atoms with Gasteiger partial charge in [0.15, 0.2) is 0 Å². The normalized spacial score (nSPS) is 15.1. The van der Waals surface area contributed by atoms with Crippen molar-refractivity contribution in [3.63, 3.8) is 0 Å². The van der Waals surface area contributed by atoms with Crippen LogP contribution in [0.2, 0.25) is 0 Å². The van der Waals surface area contributed by atoms with Gasteiger partial charge < -0.3 is 9.30 Å². The maximum atomic E-state index is 13.2. The van der Waals surface area contributed by atoms with Crippen molar-refractivity contribution in [2.75, 3.05) is 11.5 Å². The van der Waals surface area contributed by atoms with Gasteiger partial charge in [0.2, 0.25) is 0 Å². The van der Waals surface area contributed by atoms with Crippen LogP contribution in [0.25, 0.3) is 17.0 Å². The van der Waals surface area contributed by atoms with Gasteiger partial charge in [-0.3, -0.25) is 14.9 Å². The summed E-state index contributed by atoms with van der Waals surface area (Å²) < 4.78 is 8.66. The molecule has 1 fully saturated rings. The molecule has 1 aliphatic rings. The Morgan fingerprint density at radius 1 is 0.886 bits per heavy atom. The number of imide groups is 2. The molecule has 0 atom stereocenters. The number of carbonyl (C=O) groups excluding carboxylic acids is 3. The number of hydrogen-bond acceptors (Lipinski definition) is 4. The van der Waals surface area contributed by atoms with E-state index in [0.29, 0.717) is 24.4 Å². The summed E-state index contributed by atoms with van der Waals surface area (Å²) in [7, 11) is 0. The van der Waals surface area contributed by atoms with E-state index < -0.39 is 17.8 Å². The number of aromatic nitrogens is 1. The molecule has 0 unspecified atom stereocenters. The van der Waals surface area contributed by atoms with Crippen molar-refractivity contribution >= 4 is 56.4 Å². The molecule has 1 aromatic heterocycles. The number of para-hydroxylation sites is 2. The molecule has 1 N–H and O–H groups in total. The monoisotopic (exact) mass is 529 g/mol. The lowest BCUT2D eigenvalue weighted by molar-refractivity contribution is -0.122. The van der Waals surface area contributed by atoms with Crippen LogP contribution < -0.4 is 15.0 Å². The van der Waals surface area contributed by atoms with Crippen LogP contribution in [0.3, 0.4) is 0 Å². The highest BCUT2D eigenvalue weighted by atomic mass is 79.9. The second kappa shape index (κ2) is 9.60. The van der Waals surface area contributed by atoms with E-state index in [9.17, 15) is 14.4 Å². The molecule has 0 aliphatic carbocycles. The third kappa shape index (κ3) is 4.61. The summed E-state index contributed by atoms with van der Waals surface area (Å²) in [5, 5.41) is 3.15. The van der Waals surface area contributed by atoms with Crippen molar-refractivity contribution in [2.24, 2.45) is 0 Å². The van der Waals surface area contributed by atoms with E-state index in [1.165, 1.54) is 6.08 Å². The molecule has 3 aromatic carbocycles. The number of hydrogen-bond donors (Lipinski definition) is 1. The van der Waals surface area contributed by atoms with Crippen LogP contribution in [-0.4, -0.2) is 29.0 Å². The Labute approximate surface area is 209 Å². The minimum atomic E-state index is -0.778. The number of carbonyl (C=O) groups is 3. The minimum Gasteiger partial charge on any atom is -0.492 e. The summed E-state index contributed by atoms with van der Waals surface area (Å²) in [6.45, 7) is 1.02. The zero-order valence-corrected chi connectivity index (χ0v) is 20.1. The first kappa shape index (κ1) is 22.6. The number of amides is 4. The van der Waals surface area contributed by atoms with Gasteiger partial charge in [0.05, 0.1) is 12.2 Å². The van der Waals surface area contributed by atoms with E-state index in [4.69, 9.17) is 4.74 Å². The van der Waals surface area contributed by atoms with Gasteiger partial charge in [0.25, 0.3) is 11.8 Å². The van der Waals surface area contributed by atoms with Crippen molar-refractivity contribution in [1.29, 1.82) is 0 Å². The maximum Gasteiger partial charge on any atom is 0.335 e. The first-order valence-electron chi connectivity index (χ1n) is 10.9. The predicted molar refractivity (Wildman–Crippen MR) is 137 cm³/mol. The number of benzene rings is 3. The molecular formula is C27H20BrN3O4. The van der Waals surface area contributed by atoms with E-state index in [1.807, 2.05) is 65.4 Å². The van der Waals surface area contributed by atoms with E-state index in [2.05, 4.69) is 21.2 Å². The molecule has 4 amide bonds. The van der Waals surface area contributed by atoms with E-state index in [1.54, 1.807) is 24.3 Å². The molecule has 8 heteroatoms. The third-order valence-corrected chi connectivity index (χ3v) is 6.18. The summed E-state index contributed by atoms with van der Waals surface area (Å²) >= 11 is 3.34. The number of anilines is 1. The van der Waals surface area contributed by atoms with Crippen LogP contribution in [0, 0.1) is 0 Å². The van der Waals surface area contributed by atoms with Gasteiger partial charge >= 0.3 is 6.03 Å². The molecular weight excluding hydrogens is 510 g/mol. The average Bonchev–Trinajstić information content (AvgIpc) is 3.21. The van der Waals surface area contributed by atoms with Gasteiger partial charge in [-0.2, -0.15) is 0 Å². The number of ether oxygens (including phenoxy) is 1. The summed E-state index contributed by atoms with van der Waals surface area (Å²) in [5.41, 5.74) is 1.90. The fourth-order valence-corrected chi connectivity index (χ4v) is 4.26. The van der Waals surface area contributed by atoms with Gasteiger partial charge in [-0.05, 0) is 48.5 Å². The van der Waals surface area contributed by atoms with E-state index in [0.717, 1.165) is 26.0 Å². The molecule has 0 spiro atoms. The molecule has 174 valence electrons. The second-order valence-electron chi connectivity index (χ2n) is 7.89. The summed E-state index contributed by atoms with van der Waals surface area (Å²) in [4.78, 5) is 39.3. The average molecular weight is 530 g/mol. The quantitative estimate of drug-likeness (QED) is 0.276. The Balaban J connectivity index is 1.46. The predicted octanol–water partition coefficient (Wildman–Crippen LogP) is 5.15. The van der Waals surface area contributed by atoms with Crippen molar-refractivity contribution < 1.29 is 19.1 Å². The molecule has 5 rings (SSSR count). The van der Waals surface area contributed by atoms with Gasteiger partial charge in [0, 0.05) is 27.1 Å². The fourth-order valence-electron chi connectivity index (χ4n) is 3.99. The molecule has 1 saturated heterocycles. The maximum absolute atomic E-state index is 13.2. The van der Waals surface area contributed by atoms with Crippen LogP contribution in [0.5, 0.6) is 5.75 Å². The zero-order chi connectivity index (χ0) is 24.4. The van der Waals surface area contributed by atoms with Gasteiger partial charge in [-0.1, -0.05) is 52.3 Å². The first-order valence-corrected chi connectivity index (χ1v) is 11.7. The Bertz CT molecular complexity index is 1460. The zero-order valence-electron chi connectivity index (χ0n) is 18.5. The van der Waals surface area contributed by atoms with Gasteiger partial charge in [-0.15, -0.1) is 0 Å². The highest BCUT2D eigenvalue weighted by Crippen LogP contribution is 2.27. The fraction of sp³-hybridized carbons (Fsp3) is 0.0741. The van der Waals surface area contributed by atoms with E-state index >= 15 is 0 Å². The number of fused-ring (bicyclic) bond motifs is 1. The van der Waals surface area contributed by atoms with Crippen LogP contribution in [0.1, 0.15) is 5.56 Å². The van der Waals surface area contributed by atoms with Crippen molar-refractivity contribution in [1.82, 2.24) is 9.88 Å². The largest absolute Gasteiger partial charge is 0.492 e. The number of barbiturate groups is 1. The topological polar surface area (TPSA) is 80.6 Å². The number of urea groups is 1. The van der Waals surface area contributed by atoms with Gasteiger partial charge in [0.1, 0.15) is 17.9 Å². The number of nitrogens with one attached hydrogen (secondary N) is 1. The Hall–Kier alpha value is -4.17. The number of rotatable bonds is 6. The lowest BCUT2D eigenvalue weighted by Gasteiger charge is -2.26. The molecule has 4 aromatic rings. The van der Waals surface area contributed by atoms with Gasteiger partial charge in [-0.25, -0.2) is 9.69 Å². The minimum absolute atomic E-state index is 0.115. The highest BCUT2D eigenvalue weighted by Gasteiger charge is 2.37. The van der Waals surface area contributed by atoms with Crippen molar-refractivity contribution in [2.45, 2.75) is 6.54 Å². The lowest BCUT2D eigenvalue weighted by Crippen LogP contribution is -2.54. The van der Waals surface area contributed by atoms with E-state index in [-0.39, 0.29) is 5.57 Å². The molecule has 1 aliphatic heterocycles. The summed E-state index contributed by atoms with van der Waals surface area (Å²) in [6, 6.07) is 23.2. The molecule has 0 radical (unpaired) electrons. The smallest absolute Gasteiger partial charge is 0.335 e. The Kier molecular flexibility index (Phi) is 6.20. The number of halogens is 1. The molecule has 2 heterocycles. The van der Waals surface area contributed by atoms with Crippen LogP contribution in [-0.2, 0) is 16.1 Å². The third-order valence-electron chi connectivity index (χ3n) is 5.65. The molecule has 35 heavy (non-hydrogen) atoms. The van der Waals surface area contributed by atoms with Crippen molar-refractivity contribution in [3.8, 4) is 5.75 Å². The van der Waals surface area contributed by atoms with Crippen molar-refractivity contribution in [3.05, 3.63) is 101 Å². The summed E-state index contributed by atoms with van der Waals surface area (Å²) in [6.07, 6.45) is 3.42. The number of nitrogens with zero attached hydrogens (tertiary/aromatic N) is 2. The standard InChI is InChI=1S/C27H20BrN3O4/c28-19-10-12-20(13-11-19)31-26(33)23(25(32)29-27(31)34)16-18-17-30(24-9-5-4-8-22(18)24)14-15-35-21-6-2-1-3-7-21/h1-13,16-17H,14-15H2,(H,29,32,34)/b23-16+. The first-order chi connectivity index (χ1) is 17.0. The van der Waals surface area contributed by atoms with Crippen LogP contribution in [0.15, 0.2) is 95.1 Å². The highest BCUT2D eigenvalue weighted by molar-refractivity contribution is 9.10. The summed E-state index contributed by atoms with van der Waals surface area (Å²) in [5.74, 6) is -0.614. The Morgan fingerprint density at radius 2 is 1.60 bits per heavy atom. The van der Waals surface area contributed by atoms with Crippen LogP contribution >= 0.6 is 15.9 Å². The molecule has 0 bridgehead atoms. The molecule has 7 nitrogen and oxygen atoms in total.